The molecular formula is C30H39N5O5S. The van der Waals surface area contributed by atoms with Crippen LogP contribution in [0.5, 0.6) is 5.75 Å². The van der Waals surface area contributed by atoms with E-state index in [-0.39, 0.29) is 37.6 Å². The molecule has 1 saturated heterocycles. The molecule has 10 nitrogen and oxygen atoms in total. The Bertz CT molecular complexity index is 1300. The molecule has 3 aromatic rings. The van der Waals surface area contributed by atoms with E-state index in [1.807, 2.05) is 17.0 Å². The number of likely N-dealkylation sites (tertiary alicyclic amines) is 1. The van der Waals surface area contributed by atoms with E-state index in [0.717, 1.165) is 56.9 Å². The van der Waals surface area contributed by atoms with Crippen molar-refractivity contribution in [3.8, 4) is 5.75 Å². The molecule has 2 aliphatic heterocycles. The van der Waals surface area contributed by atoms with Crippen LogP contribution in [0.2, 0.25) is 0 Å². The lowest BCUT2D eigenvalue weighted by Gasteiger charge is -2.32. The van der Waals surface area contributed by atoms with E-state index < -0.39 is 6.10 Å². The van der Waals surface area contributed by atoms with Gasteiger partial charge < -0.3 is 24.5 Å². The molecule has 5 rings (SSSR count). The Morgan fingerprint density at radius 2 is 2.00 bits per heavy atom. The van der Waals surface area contributed by atoms with Gasteiger partial charge in [0, 0.05) is 64.0 Å². The fourth-order valence-corrected chi connectivity index (χ4v) is 5.36. The molecule has 1 fully saturated rings. The first kappa shape index (κ1) is 30.5. The van der Waals surface area contributed by atoms with Crippen molar-refractivity contribution in [3.63, 3.8) is 0 Å². The second kappa shape index (κ2) is 14.5. The van der Waals surface area contributed by atoms with Gasteiger partial charge in [-0.15, -0.1) is 0 Å². The number of Topliss-reactive ketones (excluding diaryl/α,β-unsaturated/α-hetero) is 1. The molecule has 2 N–H and O–H groups in total. The summed E-state index contributed by atoms with van der Waals surface area (Å²) in [5, 5.41) is 14.2. The number of oxazole rings is 1. The molecule has 0 spiro atoms. The van der Waals surface area contributed by atoms with Crippen molar-refractivity contribution in [2.75, 3.05) is 31.5 Å². The van der Waals surface area contributed by atoms with Crippen LogP contribution in [0, 0.1) is 0 Å². The number of nitrogens with one attached hydrogen (secondary N) is 1. The Labute approximate surface area is 247 Å². The number of pyridine rings is 1. The molecule has 4 heterocycles. The number of amides is 1. The number of anilines is 1. The highest BCUT2D eigenvalue weighted by Crippen LogP contribution is 2.25. The first-order valence-corrected chi connectivity index (χ1v) is 14.0. The zero-order valence-corrected chi connectivity index (χ0v) is 24.4. The number of carbonyl (C=O) groups is 2. The normalized spacial score (nSPS) is 16.4. The van der Waals surface area contributed by atoms with E-state index in [4.69, 9.17) is 9.15 Å². The molecule has 1 amide bonds. The third-order valence-electron chi connectivity index (χ3n) is 7.66. The largest absolute Gasteiger partial charge is 0.486 e. The van der Waals surface area contributed by atoms with Gasteiger partial charge in [-0.1, -0.05) is 6.07 Å². The number of β-amino-alcohol motifs (C(OH)–C–C–N with tert-alkyl or cyclic N) is 1. The van der Waals surface area contributed by atoms with Crippen molar-refractivity contribution in [2.24, 2.45) is 0 Å². The lowest BCUT2D eigenvalue weighted by Crippen LogP contribution is -2.41. The molecule has 1 atom stereocenters. The molecule has 0 bridgehead atoms. The molecule has 0 unspecified atom stereocenters. The van der Waals surface area contributed by atoms with Crippen molar-refractivity contribution in [1.29, 1.82) is 0 Å². The molecule has 0 aliphatic carbocycles. The molecule has 11 heteroatoms. The summed E-state index contributed by atoms with van der Waals surface area (Å²) in [6.45, 7) is 5.53. The average molecular weight is 582 g/mol. The van der Waals surface area contributed by atoms with Crippen LogP contribution in [-0.2, 0) is 24.4 Å². The lowest BCUT2D eigenvalue weighted by molar-refractivity contribution is -0.129. The van der Waals surface area contributed by atoms with Gasteiger partial charge in [0.1, 0.15) is 18.1 Å². The summed E-state index contributed by atoms with van der Waals surface area (Å²) < 4.78 is 11.0. The van der Waals surface area contributed by atoms with Crippen LogP contribution in [-0.4, -0.2) is 74.9 Å². The molecule has 220 valence electrons. The van der Waals surface area contributed by atoms with Gasteiger partial charge in [0.2, 0.25) is 5.91 Å². The summed E-state index contributed by atoms with van der Waals surface area (Å²) >= 11 is 0. The van der Waals surface area contributed by atoms with E-state index in [9.17, 15) is 14.7 Å². The average Bonchev–Trinajstić information content (AvgIpc) is 3.49. The number of ketones is 1. The van der Waals surface area contributed by atoms with E-state index >= 15 is 0 Å². The molecule has 41 heavy (non-hydrogen) atoms. The number of benzene rings is 1. The fourth-order valence-electron chi connectivity index (χ4n) is 5.36. The molecule has 0 radical (unpaired) electrons. The van der Waals surface area contributed by atoms with Gasteiger partial charge in [-0.2, -0.15) is 13.5 Å². The van der Waals surface area contributed by atoms with Crippen LogP contribution >= 0.6 is 13.5 Å². The first-order chi connectivity index (χ1) is 19.4. The van der Waals surface area contributed by atoms with Crippen molar-refractivity contribution >= 4 is 30.9 Å². The maximum Gasteiger partial charge on any atom is 0.219 e. The summed E-state index contributed by atoms with van der Waals surface area (Å²) in [7, 11) is 0. The number of aromatic nitrogens is 2. The molecule has 0 saturated carbocycles. The van der Waals surface area contributed by atoms with Crippen molar-refractivity contribution in [3.05, 3.63) is 71.7 Å². The third kappa shape index (κ3) is 8.54. The number of aliphatic hydroxyl groups is 1. The van der Waals surface area contributed by atoms with Gasteiger partial charge in [0.25, 0.3) is 0 Å². The Morgan fingerprint density at radius 3 is 2.76 bits per heavy atom. The second-order valence-corrected chi connectivity index (χ2v) is 10.6. The highest BCUT2D eigenvalue weighted by Gasteiger charge is 2.22. The Balaban J connectivity index is 0.00000387. The lowest BCUT2D eigenvalue weighted by atomic mass is 9.98. The number of carbonyl (C=O) groups excluding carboxylic acids is 2. The van der Waals surface area contributed by atoms with Crippen LogP contribution in [0.25, 0.3) is 0 Å². The summed E-state index contributed by atoms with van der Waals surface area (Å²) in [6, 6.07) is 10.0. The summed E-state index contributed by atoms with van der Waals surface area (Å²) in [5.74, 6) is 1.52. The fraction of sp³-hybridized carbons (Fsp3) is 0.467. The molecular weight excluding hydrogens is 542 g/mol. The van der Waals surface area contributed by atoms with E-state index in [1.54, 1.807) is 25.4 Å². The monoisotopic (exact) mass is 581 g/mol. The maximum atomic E-state index is 12.8. The highest BCUT2D eigenvalue weighted by atomic mass is 32.1. The number of piperidine rings is 1. The van der Waals surface area contributed by atoms with E-state index in [1.165, 1.54) is 17.5 Å². The SMILES string of the molecule is CC(=O)N1CCC(Nc2ccnc(C(=O)CC[C@H](O)CN3CCc4cc(OCc5cnco5)ccc4C3)c2)CC1.S. The van der Waals surface area contributed by atoms with Gasteiger partial charge in [0.15, 0.2) is 17.9 Å². The van der Waals surface area contributed by atoms with Crippen molar-refractivity contribution in [2.45, 2.75) is 64.3 Å². The van der Waals surface area contributed by atoms with Crippen molar-refractivity contribution < 1.29 is 23.8 Å². The number of aliphatic hydroxyl groups excluding tert-OH is 1. The number of nitrogens with zero attached hydrogens (tertiary/aromatic N) is 4. The topological polar surface area (TPSA) is 121 Å². The van der Waals surface area contributed by atoms with Crippen molar-refractivity contribution in [1.82, 2.24) is 19.8 Å². The number of fused-ring (bicyclic) bond motifs is 1. The van der Waals surface area contributed by atoms with Crippen LogP contribution in [0.1, 0.15) is 60.0 Å². The number of hydrogen-bond acceptors (Lipinski definition) is 9. The van der Waals surface area contributed by atoms with Gasteiger partial charge in [-0.25, -0.2) is 4.98 Å². The van der Waals surface area contributed by atoms with E-state index in [0.29, 0.717) is 31.0 Å². The summed E-state index contributed by atoms with van der Waals surface area (Å²) in [5.41, 5.74) is 3.74. The minimum atomic E-state index is -0.595. The molecule has 1 aromatic carbocycles. The minimum absolute atomic E-state index is 0. The van der Waals surface area contributed by atoms with Crippen LogP contribution < -0.4 is 10.1 Å². The number of hydrogen-bond donors (Lipinski definition) is 2. The Kier molecular flexibility index (Phi) is 10.8. The first-order valence-electron chi connectivity index (χ1n) is 14.0. The zero-order chi connectivity index (χ0) is 27.9. The predicted octanol–water partition coefficient (Wildman–Crippen LogP) is 3.57. The highest BCUT2D eigenvalue weighted by molar-refractivity contribution is 7.59. The van der Waals surface area contributed by atoms with Gasteiger partial charge >= 0.3 is 0 Å². The Hall–Kier alpha value is -3.41. The van der Waals surface area contributed by atoms with E-state index in [2.05, 4.69) is 32.3 Å². The third-order valence-corrected chi connectivity index (χ3v) is 7.66. The van der Waals surface area contributed by atoms with Gasteiger partial charge in [-0.3, -0.25) is 19.5 Å². The molecule has 2 aromatic heterocycles. The van der Waals surface area contributed by atoms with Gasteiger partial charge in [0.05, 0.1) is 12.3 Å². The number of rotatable bonds is 11. The van der Waals surface area contributed by atoms with Crippen LogP contribution in [0.4, 0.5) is 5.69 Å². The standard InChI is InChI=1S/C30H37N5O5.H2S/c1-21(36)35-12-8-24(9-13-35)33-25-6-10-32-29(15-25)30(38)5-3-26(37)18-34-11-7-22-14-27(4-2-23(22)17-34)39-19-28-16-31-20-40-28;/h2,4,6,10,14-16,20,24,26,37H,3,5,7-9,11-13,17-19H2,1H3,(H,32,33);1H2/t26-;/m0./s1. The van der Waals surface area contributed by atoms with Crippen LogP contribution in [0.3, 0.4) is 0 Å². The smallest absolute Gasteiger partial charge is 0.219 e. The molecule has 2 aliphatic rings. The van der Waals surface area contributed by atoms with Crippen LogP contribution in [0.15, 0.2) is 53.5 Å². The minimum Gasteiger partial charge on any atom is -0.486 e. The summed E-state index contributed by atoms with van der Waals surface area (Å²) in [6.07, 6.45) is 7.33. The summed E-state index contributed by atoms with van der Waals surface area (Å²) in [4.78, 5) is 36.7. The second-order valence-electron chi connectivity index (χ2n) is 10.6. The Morgan fingerprint density at radius 1 is 1.17 bits per heavy atom. The zero-order valence-electron chi connectivity index (χ0n) is 23.4. The van der Waals surface area contributed by atoms with Gasteiger partial charge in [-0.05, 0) is 61.1 Å². The maximum absolute atomic E-state index is 12.8. The predicted molar refractivity (Wildman–Crippen MR) is 159 cm³/mol. The number of ether oxygens (including phenoxy) is 1. The quantitative estimate of drug-likeness (QED) is 0.328.